The Hall–Kier alpha value is -3.13. The smallest absolute Gasteiger partial charge is 0.251 e. The van der Waals surface area contributed by atoms with Crippen LogP contribution in [0, 0.1) is 11.6 Å². The van der Waals surface area contributed by atoms with Gasteiger partial charge in [-0.05, 0) is 54.1 Å². The van der Waals surface area contributed by atoms with E-state index in [4.69, 9.17) is 0 Å². The van der Waals surface area contributed by atoms with E-state index in [2.05, 4.69) is 10.3 Å². The lowest BCUT2D eigenvalue weighted by atomic mass is 10.2. The fourth-order valence-corrected chi connectivity index (χ4v) is 4.32. The first-order valence-corrected chi connectivity index (χ1v) is 9.86. The molecule has 0 spiro atoms. The highest BCUT2D eigenvalue weighted by Crippen LogP contribution is 2.28. The molecule has 1 amide bonds. The number of carbonyl (C=O) groups excluding carboxylic acids is 1. The molecule has 0 aliphatic rings. The van der Waals surface area contributed by atoms with E-state index in [0.29, 0.717) is 5.56 Å². The largest absolute Gasteiger partial charge is 0.350 e. The van der Waals surface area contributed by atoms with Gasteiger partial charge in [-0.15, -0.1) is 0 Å². The normalized spacial score (nSPS) is 12.4. The van der Waals surface area contributed by atoms with E-state index in [1.807, 2.05) is 0 Å². The summed E-state index contributed by atoms with van der Waals surface area (Å²) in [6.07, 6.45) is 2.89. The lowest BCUT2D eigenvalue weighted by Crippen LogP contribution is -2.32. The summed E-state index contributed by atoms with van der Waals surface area (Å²) in [4.78, 5) is 16.2. The predicted molar refractivity (Wildman–Crippen MR) is 99.3 cm³/mol. The van der Waals surface area contributed by atoms with Crippen molar-refractivity contribution in [2.45, 2.75) is 10.1 Å². The van der Waals surface area contributed by atoms with Crippen LogP contribution in [0.5, 0.6) is 0 Å². The lowest BCUT2D eigenvalue weighted by Gasteiger charge is -2.19. The van der Waals surface area contributed by atoms with E-state index in [1.54, 1.807) is 12.1 Å². The van der Waals surface area contributed by atoms with Crippen LogP contribution >= 0.6 is 0 Å². The number of aromatic nitrogens is 1. The summed E-state index contributed by atoms with van der Waals surface area (Å²) in [7, 11) is -3.95. The molecule has 144 valence electrons. The maximum Gasteiger partial charge on any atom is 0.251 e. The third kappa shape index (κ3) is 4.40. The zero-order valence-corrected chi connectivity index (χ0v) is 15.4. The molecule has 0 saturated heterocycles. The molecular weight excluding hydrogens is 386 g/mol. The van der Waals surface area contributed by atoms with E-state index in [9.17, 15) is 22.0 Å². The van der Waals surface area contributed by atoms with Crippen LogP contribution < -0.4 is 5.32 Å². The van der Waals surface area contributed by atoms with Crippen LogP contribution in [0.3, 0.4) is 0 Å². The van der Waals surface area contributed by atoms with Crippen molar-refractivity contribution in [2.24, 2.45) is 0 Å². The van der Waals surface area contributed by atoms with Crippen molar-refractivity contribution in [3.8, 4) is 0 Å². The molecule has 5 nitrogen and oxygen atoms in total. The van der Waals surface area contributed by atoms with E-state index in [0.717, 1.165) is 18.2 Å². The van der Waals surface area contributed by atoms with Gasteiger partial charge in [0, 0.05) is 24.5 Å². The highest BCUT2D eigenvalue weighted by atomic mass is 32.2. The van der Waals surface area contributed by atoms with Gasteiger partial charge in [-0.2, -0.15) is 0 Å². The van der Waals surface area contributed by atoms with Crippen LogP contribution in [0.4, 0.5) is 8.78 Å². The Morgan fingerprint density at radius 1 is 1.00 bits per heavy atom. The second-order valence-corrected chi connectivity index (χ2v) is 8.12. The summed E-state index contributed by atoms with van der Waals surface area (Å²) < 4.78 is 52.7. The number of amides is 1. The van der Waals surface area contributed by atoms with Crippen LogP contribution in [0.25, 0.3) is 0 Å². The third-order valence-corrected chi connectivity index (χ3v) is 6.22. The zero-order chi connectivity index (χ0) is 20.1. The molecule has 0 aliphatic heterocycles. The van der Waals surface area contributed by atoms with Gasteiger partial charge in [0.2, 0.25) is 0 Å². The van der Waals surface area contributed by atoms with E-state index >= 15 is 0 Å². The Morgan fingerprint density at radius 2 is 1.75 bits per heavy atom. The van der Waals surface area contributed by atoms with Crippen molar-refractivity contribution in [3.05, 3.63) is 95.8 Å². The molecule has 1 atom stereocenters. The highest BCUT2D eigenvalue weighted by Gasteiger charge is 2.30. The molecule has 0 unspecified atom stereocenters. The van der Waals surface area contributed by atoms with Crippen molar-refractivity contribution in [2.75, 3.05) is 6.54 Å². The first-order valence-electron chi connectivity index (χ1n) is 8.31. The van der Waals surface area contributed by atoms with Crippen LogP contribution in [0.15, 0.2) is 78.0 Å². The number of hydrogen-bond donors (Lipinski definition) is 1. The molecule has 8 heteroatoms. The number of pyridine rings is 1. The molecule has 0 aliphatic carbocycles. The standard InChI is InChI=1S/C20H16F2N2O3S/c21-16-6-8-18(9-7-16)28(26,27)19(15-4-2-10-23-12-15)13-24-20(25)14-3-1-5-17(22)11-14/h1-12,19H,13H2,(H,24,25)/t19-/m0/s1. The van der Waals surface area contributed by atoms with Crippen molar-refractivity contribution in [1.29, 1.82) is 0 Å². The molecule has 3 aromatic rings. The fourth-order valence-electron chi connectivity index (χ4n) is 2.68. The van der Waals surface area contributed by atoms with Crippen molar-refractivity contribution in [3.63, 3.8) is 0 Å². The van der Waals surface area contributed by atoms with Crippen LogP contribution in [0.1, 0.15) is 21.2 Å². The van der Waals surface area contributed by atoms with Gasteiger partial charge in [0.15, 0.2) is 9.84 Å². The van der Waals surface area contributed by atoms with Gasteiger partial charge in [0.25, 0.3) is 5.91 Å². The average Bonchev–Trinajstić information content (AvgIpc) is 2.69. The minimum absolute atomic E-state index is 0.0733. The maximum atomic E-state index is 13.3. The number of carbonyl (C=O) groups is 1. The van der Waals surface area contributed by atoms with Gasteiger partial charge in [0.05, 0.1) is 4.90 Å². The van der Waals surface area contributed by atoms with E-state index < -0.39 is 32.6 Å². The molecule has 0 fully saturated rings. The number of nitrogens with zero attached hydrogens (tertiary/aromatic N) is 1. The number of rotatable bonds is 6. The van der Waals surface area contributed by atoms with E-state index in [1.165, 1.54) is 42.7 Å². The maximum absolute atomic E-state index is 13.3. The van der Waals surface area contributed by atoms with Crippen LogP contribution in [-0.4, -0.2) is 25.9 Å². The summed E-state index contributed by atoms with van der Waals surface area (Å²) in [6, 6.07) is 12.7. The summed E-state index contributed by atoms with van der Waals surface area (Å²) in [6.45, 7) is -0.263. The minimum Gasteiger partial charge on any atom is -0.350 e. The first-order chi connectivity index (χ1) is 13.4. The Labute approximate surface area is 161 Å². The van der Waals surface area contributed by atoms with Gasteiger partial charge in [-0.25, -0.2) is 17.2 Å². The van der Waals surface area contributed by atoms with Crippen LogP contribution in [-0.2, 0) is 9.84 Å². The molecule has 0 bridgehead atoms. The van der Waals surface area contributed by atoms with Gasteiger partial charge in [-0.3, -0.25) is 9.78 Å². The predicted octanol–water partition coefficient (Wildman–Crippen LogP) is 3.30. The summed E-state index contributed by atoms with van der Waals surface area (Å²) in [5.74, 6) is -1.74. The summed E-state index contributed by atoms with van der Waals surface area (Å²) in [5.41, 5.74) is 0.440. The SMILES string of the molecule is O=C(NC[C@@H](c1cccnc1)S(=O)(=O)c1ccc(F)cc1)c1cccc(F)c1. The molecule has 2 aromatic carbocycles. The minimum atomic E-state index is -3.95. The lowest BCUT2D eigenvalue weighted by molar-refractivity contribution is 0.0953. The summed E-state index contributed by atoms with van der Waals surface area (Å²) >= 11 is 0. The van der Waals surface area contributed by atoms with Gasteiger partial charge < -0.3 is 5.32 Å². The molecule has 1 aromatic heterocycles. The van der Waals surface area contributed by atoms with Gasteiger partial charge in [0.1, 0.15) is 16.9 Å². The van der Waals surface area contributed by atoms with Gasteiger partial charge >= 0.3 is 0 Å². The Bertz CT molecular complexity index is 1070. The molecular formula is C20H16F2N2O3S. The fraction of sp³-hybridized carbons (Fsp3) is 0.100. The van der Waals surface area contributed by atoms with E-state index in [-0.39, 0.29) is 17.0 Å². The Kier molecular flexibility index (Phi) is 5.79. The molecule has 0 saturated carbocycles. The zero-order valence-electron chi connectivity index (χ0n) is 14.5. The second-order valence-electron chi connectivity index (χ2n) is 5.99. The highest BCUT2D eigenvalue weighted by molar-refractivity contribution is 7.91. The third-order valence-electron chi connectivity index (χ3n) is 4.11. The first kappa shape index (κ1) is 19.6. The number of halogens is 2. The molecule has 3 rings (SSSR count). The number of nitrogens with one attached hydrogen (secondary N) is 1. The van der Waals surface area contributed by atoms with Crippen molar-refractivity contribution < 1.29 is 22.0 Å². The quantitative estimate of drug-likeness (QED) is 0.642. The Morgan fingerprint density at radius 3 is 2.39 bits per heavy atom. The van der Waals surface area contributed by atoms with Crippen molar-refractivity contribution in [1.82, 2.24) is 10.3 Å². The molecule has 0 radical (unpaired) electrons. The number of hydrogen-bond acceptors (Lipinski definition) is 4. The van der Waals surface area contributed by atoms with Crippen LogP contribution in [0.2, 0.25) is 0 Å². The summed E-state index contributed by atoms with van der Waals surface area (Å²) in [5, 5.41) is 1.38. The topological polar surface area (TPSA) is 76.1 Å². The molecule has 1 heterocycles. The van der Waals surface area contributed by atoms with Gasteiger partial charge in [-0.1, -0.05) is 12.1 Å². The Balaban J connectivity index is 1.90. The van der Waals surface area contributed by atoms with Crippen molar-refractivity contribution >= 4 is 15.7 Å². The molecule has 28 heavy (non-hydrogen) atoms. The monoisotopic (exact) mass is 402 g/mol. The average molecular weight is 402 g/mol. The number of benzene rings is 2. The second kappa shape index (κ2) is 8.26. The number of sulfone groups is 1. The molecule has 1 N–H and O–H groups in total.